The fraction of sp³-hybridized carbons (Fsp3) is 0.118. The SMILES string of the molecule is CC1Oc2cc(C(=O)Nc3ccc(C#N)cc3)ccc2NC1=O. The van der Waals surface area contributed by atoms with Gasteiger partial charge in [0, 0.05) is 11.3 Å². The zero-order chi connectivity index (χ0) is 16.4. The van der Waals surface area contributed by atoms with E-state index in [1.807, 2.05) is 6.07 Å². The minimum absolute atomic E-state index is 0.215. The van der Waals surface area contributed by atoms with Gasteiger partial charge in [-0.15, -0.1) is 0 Å². The minimum Gasteiger partial charge on any atom is -0.479 e. The number of nitrogens with one attached hydrogen (secondary N) is 2. The molecule has 0 aromatic heterocycles. The van der Waals surface area contributed by atoms with E-state index in [1.165, 1.54) is 0 Å². The van der Waals surface area contributed by atoms with Crippen molar-refractivity contribution < 1.29 is 14.3 Å². The lowest BCUT2D eigenvalue weighted by atomic mass is 10.1. The standard InChI is InChI=1S/C17H13N3O3/c1-10-16(21)20-14-7-4-12(8-15(14)23-10)17(22)19-13-5-2-11(9-18)3-6-13/h2-8,10H,1H3,(H,19,22)(H,20,21). The van der Waals surface area contributed by atoms with Gasteiger partial charge in [0.05, 0.1) is 17.3 Å². The normalized spacial score (nSPS) is 15.7. The first-order chi connectivity index (χ1) is 11.1. The first-order valence-electron chi connectivity index (χ1n) is 7.00. The molecule has 0 radical (unpaired) electrons. The number of hydrogen-bond donors (Lipinski definition) is 2. The number of carbonyl (C=O) groups excluding carboxylic acids is 2. The van der Waals surface area contributed by atoms with Crippen LogP contribution in [-0.4, -0.2) is 17.9 Å². The lowest BCUT2D eigenvalue weighted by molar-refractivity contribution is -0.122. The lowest BCUT2D eigenvalue weighted by Gasteiger charge is -2.23. The van der Waals surface area contributed by atoms with Crippen molar-refractivity contribution >= 4 is 23.2 Å². The summed E-state index contributed by atoms with van der Waals surface area (Å²) in [4.78, 5) is 23.8. The van der Waals surface area contributed by atoms with Crippen LogP contribution in [-0.2, 0) is 4.79 Å². The predicted molar refractivity (Wildman–Crippen MR) is 84.3 cm³/mol. The molecule has 0 spiro atoms. The first kappa shape index (κ1) is 14.6. The molecule has 1 aliphatic heterocycles. The largest absolute Gasteiger partial charge is 0.479 e. The van der Waals surface area contributed by atoms with Crippen LogP contribution in [0.25, 0.3) is 0 Å². The number of anilines is 2. The second-order valence-corrected chi connectivity index (χ2v) is 5.10. The first-order valence-corrected chi connectivity index (χ1v) is 7.00. The molecule has 3 rings (SSSR count). The van der Waals surface area contributed by atoms with Gasteiger partial charge in [-0.05, 0) is 49.4 Å². The third-order valence-corrected chi connectivity index (χ3v) is 3.45. The van der Waals surface area contributed by atoms with Crippen LogP contribution < -0.4 is 15.4 Å². The van der Waals surface area contributed by atoms with Crippen LogP contribution in [0.1, 0.15) is 22.8 Å². The highest BCUT2D eigenvalue weighted by Crippen LogP contribution is 2.30. The molecule has 1 heterocycles. The number of benzene rings is 2. The number of rotatable bonds is 2. The van der Waals surface area contributed by atoms with Crippen molar-refractivity contribution in [3.8, 4) is 11.8 Å². The molecular formula is C17H13N3O3. The lowest BCUT2D eigenvalue weighted by Crippen LogP contribution is -2.34. The van der Waals surface area contributed by atoms with Crippen LogP contribution in [0.5, 0.6) is 5.75 Å². The van der Waals surface area contributed by atoms with Crippen molar-refractivity contribution in [2.75, 3.05) is 10.6 Å². The summed E-state index contributed by atoms with van der Waals surface area (Å²) in [6.07, 6.45) is -0.598. The van der Waals surface area contributed by atoms with E-state index in [-0.39, 0.29) is 11.8 Å². The summed E-state index contributed by atoms with van der Waals surface area (Å²) >= 11 is 0. The molecule has 0 saturated carbocycles. The number of nitriles is 1. The van der Waals surface area contributed by atoms with Gasteiger partial charge >= 0.3 is 0 Å². The highest BCUT2D eigenvalue weighted by molar-refractivity contribution is 6.05. The Hall–Kier alpha value is -3.33. The molecule has 6 heteroatoms. The number of ether oxygens (including phenoxy) is 1. The summed E-state index contributed by atoms with van der Waals surface area (Å²) in [6.45, 7) is 1.64. The average Bonchev–Trinajstić information content (AvgIpc) is 2.56. The summed E-state index contributed by atoms with van der Waals surface area (Å²) in [5.41, 5.74) is 2.07. The molecule has 6 nitrogen and oxygen atoms in total. The van der Waals surface area contributed by atoms with Crippen molar-refractivity contribution in [3.05, 3.63) is 53.6 Å². The second-order valence-electron chi connectivity index (χ2n) is 5.10. The number of nitrogens with zero attached hydrogens (tertiary/aromatic N) is 1. The fourth-order valence-corrected chi connectivity index (χ4v) is 2.17. The Morgan fingerprint density at radius 3 is 2.70 bits per heavy atom. The average molecular weight is 307 g/mol. The highest BCUT2D eigenvalue weighted by atomic mass is 16.5. The summed E-state index contributed by atoms with van der Waals surface area (Å²) < 4.78 is 5.49. The van der Waals surface area contributed by atoms with Gasteiger partial charge in [-0.3, -0.25) is 9.59 Å². The maximum atomic E-state index is 12.3. The van der Waals surface area contributed by atoms with E-state index in [0.29, 0.717) is 28.3 Å². The second kappa shape index (κ2) is 5.81. The summed E-state index contributed by atoms with van der Waals surface area (Å²) in [5.74, 6) is -0.0532. The van der Waals surface area contributed by atoms with Crippen LogP contribution >= 0.6 is 0 Å². The van der Waals surface area contributed by atoms with Gasteiger partial charge in [0.25, 0.3) is 11.8 Å². The molecule has 1 atom stereocenters. The van der Waals surface area contributed by atoms with Gasteiger partial charge in [0.1, 0.15) is 5.75 Å². The Morgan fingerprint density at radius 1 is 1.26 bits per heavy atom. The molecule has 2 amide bonds. The molecule has 0 fully saturated rings. The highest BCUT2D eigenvalue weighted by Gasteiger charge is 2.24. The van der Waals surface area contributed by atoms with Crippen molar-refractivity contribution in [3.63, 3.8) is 0 Å². The number of amides is 2. The Morgan fingerprint density at radius 2 is 2.00 bits per heavy atom. The van der Waals surface area contributed by atoms with E-state index in [9.17, 15) is 9.59 Å². The Labute approximate surface area is 132 Å². The third-order valence-electron chi connectivity index (χ3n) is 3.45. The molecule has 0 saturated heterocycles. The molecule has 2 aromatic rings. The maximum absolute atomic E-state index is 12.3. The molecular weight excluding hydrogens is 294 g/mol. The van der Waals surface area contributed by atoms with Crippen LogP contribution in [0.4, 0.5) is 11.4 Å². The topological polar surface area (TPSA) is 91.2 Å². The third kappa shape index (κ3) is 2.99. The van der Waals surface area contributed by atoms with Gasteiger partial charge in [0.15, 0.2) is 6.10 Å². The van der Waals surface area contributed by atoms with Gasteiger partial charge in [-0.1, -0.05) is 0 Å². The summed E-state index contributed by atoms with van der Waals surface area (Å²) in [6, 6.07) is 13.4. The van der Waals surface area contributed by atoms with Crippen LogP contribution in [0.15, 0.2) is 42.5 Å². The molecule has 0 aliphatic carbocycles. The Bertz CT molecular complexity index is 822. The van der Waals surface area contributed by atoms with Gasteiger partial charge in [-0.25, -0.2) is 0 Å². The molecule has 1 aliphatic rings. The number of carbonyl (C=O) groups is 2. The van der Waals surface area contributed by atoms with Crippen molar-refractivity contribution in [1.29, 1.82) is 5.26 Å². The van der Waals surface area contributed by atoms with E-state index < -0.39 is 6.10 Å². The quantitative estimate of drug-likeness (QED) is 0.892. The maximum Gasteiger partial charge on any atom is 0.265 e. The Kier molecular flexibility index (Phi) is 3.69. The van der Waals surface area contributed by atoms with Gasteiger partial charge in [0.2, 0.25) is 0 Å². The molecule has 1 unspecified atom stereocenters. The molecule has 2 aromatic carbocycles. The van der Waals surface area contributed by atoms with Crippen LogP contribution in [0.2, 0.25) is 0 Å². The number of fused-ring (bicyclic) bond motifs is 1. The Balaban J connectivity index is 1.79. The van der Waals surface area contributed by atoms with E-state index in [4.69, 9.17) is 10.00 Å². The number of hydrogen-bond acceptors (Lipinski definition) is 4. The smallest absolute Gasteiger partial charge is 0.265 e. The molecule has 0 bridgehead atoms. The van der Waals surface area contributed by atoms with E-state index >= 15 is 0 Å². The summed E-state index contributed by atoms with van der Waals surface area (Å²) in [7, 11) is 0. The van der Waals surface area contributed by atoms with Crippen LogP contribution in [0, 0.1) is 11.3 Å². The predicted octanol–water partition coefficient (Wildman–Crippen LogP) is 2.53. The van der Waals surface area contributed by atoms with E-state index in [0.717, 1.165) is 0 Å². The van der Waals surface area contributed by atoms with Gasteiger partial charge in [-0.2, -0.15) is 5.26 Å². The zero-order valence-electron chi connectivity index (χ0n) is 12.3. The van der Waals surface area contributed by atoms with Crippen molar-refractivity contribution in [2.24, 2.45) is 0 Å². The van der Waals surface area contributed by atoms with E-state index in [1.54, 1.807) is 49.4 Å². The minimum atomic E-state index is -0.598. The monoisotopic (exact) mass is 307 g/mol. The summed E-state index contributed by atoms with van der Waals surface area (Å²) in [5, 5.41) is 14.2. The molecule has 114 valence electrons. The van der Waals surface area contributed by atoms with Crippen LogP contribution in [0.3, 0.4) is 0 Å². The zero-order valence-corrected chi connectivity index (χ0v) is 12.3. The van der Waals surface area contributed by atoms with Crippen molar-refractivity contribution in [2.45, 2.75) is 13.0 Å². The fourth-order valence-electron chi connectivity index (χ4n) is 2.17. The van der Waals surface area contributed by atoms with E-state index in [2.05, 4.69) is 10.6 Å². The molecule has 23 heavy (non-hydrogen) atoms. The van der Waals surface area contributed by atoms with Crippen molar-refractivity contribution in [1.82, 2.24) is 0 Å². The molecule has 2 N–H and O–H groups in total. The van der Waals surface area contributed by atoms with Gasteiger partial charge < -0.3 is 15.4 Å².